The number of methoxy groups -OCH3 is 1. The number of benzene rings is 2. The van der Waals surface area contributed by atoms with E-state index in [0.29, 0.717) is 0 Å². The molecule has 3 rings (SSSR count). The van der Waals surface area contributed by atoms with Gasteiger partial charge in [0.05, 0.1) is 25.4 Å². The van der Waals surface area contributed by atoms with Crippen molar-refractivity contribution in [1.82, 2.24) is 26.1 Å². The lowest BCUT2D eigenvalue weighted by Crippen LogP contribution is -2.58. The lowest BCUT2D eigenvalue weighted by Gasteiger charge is -2.33. The lowest BCUT2D eigenvalue weighted by atomic mass is 9.77. The largest absolute Gasteiger partial charge is 0.453 e. The van der Waals surface area contributed by atoms with Gasteiger partial charge >= 0.3 is 6.09 Å². The van der Waals surface area contributed by atoms with Gasteiger partial charge in [0, 0.05) is 30.6 Å². The van der Waals surface area contributed by atoms with Gasteiger partial charge in [-0.05, 0) is 47.4 Å². The van der Waals surface area contributed by atoms with Gasteiger partial charge in [-0.3, -0.25) is 24.8 Å². The predicted octanol–water partition coefficient (Wildman–Crippen LogP) is 5.29. The second-order valence-corrected chi connectivity index (χ2v) is 14.7. The minimum Gasteiger partial charge on any atom is -0.453 e. The van der Waals surface area contributed by atoms with Crippen LogP contribution in [0.4, 0.5) is 4.79 Å². The second kappa shape index (κ2) is 17.7. The minimum atomic E-state index is -1.00. The molecular formula is C39H51N5O6. The third-order valence-electron chi connectivity index (χ3n) is 8.32. The van der Waals surface area contributed by atoms with Gasteiger partial charge in [-0.1, -0.05) is 102 Å². The van der Waals surface area contributed by atoms with Crippen molar-refractivity contribution in [3.8, 4) is 11.3 Å². The molecule has 0 radical (unpaired) electrons. The van der Waals surface area contributed by atoms with E-state index in [-0.39, 0.29) is 37.5 Å². The summed E-state index contributed by atoms with van der Waals surface area (Å²) in [6.07, 6.45) is 1.20. The van der Waals surface area contributed by atoms with Crippen LogP contribution in [-0.2, 0) is 36.9 Å². The Hall–Kier alpha value is -4.90. The summed E-state index contributed by atoms with van der Waals surface area (Å²) >= 11 is 0. The standard InChI is InChI=1S/C39H51N5O6/c1-26(45)22-30(38(2,3)4)35(47)41-32(23-27-14-10-9-11-15-27)33(46)25-44(43-36(48)34(39(5,6)7)42-37(49)50-8)24-28-17-19-29(20-18-28)31-16-12-13-21-40-31/h9-21,30,32,34H,22-25H2,1-8H3,(H,41,47)(H,42,49)(H,43,48)/t30-,32?,34+/m0/s1. The first-order chi connectivity index (χ1) is 23.5. The number of nitrogens with one attached hydrogen (secondary N) is 3. The molecule has 2 aromatic carbocycles. The Labute approximate surface area is 295 Å². The van der Waals surface area contributed by atoms with Gasteiger partial charge < -0.3 is 20.2 Å². The molecule has 50 heavy (non-hydrogen) atoms. The molecule has 1 unspecified atom stereocenters. The second-order valence-electron chi connectivity index (χ2n) is 14.7. The fraction of sp³-hybridized carbons (Fsp3) is 0.436. The lowest BCUT2D eigenvalue weighted by molar-refractivity contribution is -0.136. The van der Waals surface area contributed by atoms with E-state index in [2.05, 4.69) is 21.0 Å². The summed E-state index contributed by atoms with van der Waals surface area (Å²) < 4.78 is 4.77. The highest BCUT2D eigenvalue weighted by molar-refractivity contribution is 5.93. The van der Waals surface area contributed by atoms with Gasteiger partial charge in [-0.25, -0.2) is 9.80 Å². The summed E-state index contributed by atoms with van der Waals surface area (Å²) in [6.45, 7) is 12.4. The number of alkyl carbamates (subject to hydrolysis) is 1. The van der Waals surface area contributed by atoms with E-state index in [9.17, 15) is 24.0 Å². The van der Waals surface area contributed by atoms with Gasteiger partial charge in [0.25, 0.3) is 5.91 Å². The number of hydrogen-bond donors (Lipinski definition) is 3. The molecule has 0 aliphatic heterocycles. The number of hydrogen-bond acceptors (Lipinski definition) is 8. The first kappa shape index (κ1) is 39.5. The molecule has 268 valence electrons. The zero-order chi connectivity index (χ0) is 37.1. The monoisotopic (exact) mass is 685 g/mol. The first-order valence-corrected chi connectivity index (χ1v) is 16.7. The number of Topliss-reactive ketones (excluding diaryl/α,β-unsaturated/α-hetero) is 2. The van der Waals surface area contributed by atoms with Crippen LogP contribution in [0.25, 0.3) is 11.3 Å². The van der Waals surface area contributed by atoms with Gasteiger partial charge in [0.15, 0.2) is 5.78 Å². The van der Waals surface area contributed by atoms with Crippen LogP contribution in [0.1, 0.15) is 66.0 Å². The van der Waals surface area contributed by atoms with E-state index in [1.54, 1.807) is 27.0 Å². The Kier molecular flexibility index (Phi) is 14.0. The van der Waals surface area contributed by atoms with Crippen molar-refractivity contribution in [1.29, 1.82) is 0 Å². The van der Waals surface area contributed by atoms with Crippen LogP contribution >= 0.6 is 0 Å². The van der Waals surface area contributed by atoms with E-state index < -0.39 is 46.7 Å². The van der Waals surface area contributed by atoms with Crippen LogP contribution in [0.15, 0.2) is 79.0 Å². The topological polar surface area (TPSA) is 147 Å². The summed E-state index contributed by atoms with van der Waals surface area (Å²) in [5, 5.41) is 7.03. The quantitative estimate of drug-likeness (QED) is 0.183. The number of hydrazine groups is 1. The SMILES string of the molecule is COC(=O)N[C@H](C(=O)NN(CC(=O)C(Cc1ccccc1)NC(=O)[C@H](CC(C)=O)C(C)(C)C)Cc1ccc(-c2ccccn2)cc1)C(C)(C)C. The Morgan fingerprint density at radius 3 is 1.96 bits per heavy atom. The third-order valence-corrected chi connectivity index (χ3v) is 8.32. The number of carbonyl (C=O) groups is 5. The highest BCUT2D eigenvalue weighted by Crippen LogP contribution is 2.29. The normalized spacial score (nSPS) is 13.5. The fourth-order valence-corrected chi connectivity index (χ4v) is 5.49. The molecule has 3 amide bonds. The molecule has 11 nitrogen and oxygen atoms in total. The average molecular weight is 686 g/mol. The molecular weight excluding hydrogens is 634 g/mol. The molecule has 3 atom stereocenters. The zero-order valence-corrected chi connectivity index (χ0v) is 30.4. The summed E-state index contributed by atoms with van der Waals surface area (Å²) in [6, 6.07) is 20.6. The van der Waals surface area contributed by atoms with Crippen molar-refractivity contribution in [3.63, 3.8) is 0 Å². The molecule has 1 heterocycles. The van der Waals surface area contributed by atoms with E-state index in [1.807, 2.05) is 93.6 Å². The van der Waals surface area contributed by atoms with Crippen LogP contribution < -0.4 is 16.1 Å². The molecule has 0 saturated carbocycles. The van der Waals surface area contributed by atoms with Crippen LogP contribution in [0.2, 0.25) is 0 Å². The molecule has 3 aromatic rings. The molecule has 0 fully saturated rings. The highest BCUT2D eigenvalue weighted by Gasteiger charge is 2.37. The Balaban J connectivity index is 1.96. The number of ether oxygens (including phenoxy) is 1. The number of ketones is 2. The number of aromatic nitrogens is 1. The Bertz CT molecular complexity index is 1600. The predicted molar refractivity (Wildman–Crippen MR) is 192 cm³/mol. The van der Waals surface area contributed by atoms with Crippen molar-refractivity contribution in [2.24, 2.45) is 16.7 Å². The van der Waals surface area contributed by atoms with E-state index in [4.69, 9.17) is 4.74 Å². The minimum absolute atomic E-state index is 0.0413. The van der Waals surface area contributed by atoms with Gasteiger partial charge in [-0.15, -0.1) is 0 Å². The maximum absolute atomic E-state index is 14.2. The average Bonchev–Trinajstić information content (AvgIpc) is 3.05. The Morgan fingerprint density at radius 1 is 0.780 bits per heavy atom. The van der Waals surface area contributed by atoms with Crippen LogP contribution in [0, 0.1) is 16.7 Å². The smallest absolute Gasteiger partial charge is 0.407 e. The van der Waals surface area contributed by atoms with E-state index in [1.165, 1.54) is 19.0 Å². The summed E-state index contributed by atoms with van der Waals surface area (Å²) in [5.41, 5.74) is 4.95. The number of pyridine rings is 1. The maximum Gasteiger partial charge on any atom is 0.407 e. The van der Waals surface area contributed by atoms with E-state index in [0.717, 1.165) is 22.4 Å². The molecule has 1 aromatic heterocycles. The van der Waals surface area contributed by atoms with Crippen molar-refractivity contribution >= 4 is 29.5 Å². The molecule has 11 heteroatoms. The van der Waals surface area contributed by atoms with Crippen LogP contribution in [0.5, 0.6) is 0 Å². The maximum atomic E-state index is 14.2. The van der Waals surface area contributed by atoms with Crippen molar-refractivity contribution in [2.45, 2.75) is 79.9 Å². The van der Waals surface area contributed by atoms with Gasteiger partial charge in [0.2, 0.25) is 5.91 Å². The van der Waals surface area contributed by atoms with Crippen LogP contribution in [0.3, 0.4) is 0 Å². The summed E-state index contributed by atoms with van der Waals surface area (Å²) in [7, 11) is 1.22. The van der Waals surface area contributed by atoms with Gasteiger partial charge in [-0.2, -0.15) is 0 Å². The Morgan fingerprint density at radius 2 is 1.42 bits per heavy atom. The third kappa shape index (κ3) is 12.2. The molecule has 0 bridgehead atoms. The number of carbonyl (C=O) groups excluding carboxylic acids is 5. The number of rotatable bonds is 15. The van der Waals surface area contributed by atoms with E-state index >= 15 is 0 Å². The van der Waals surface area contributed by atoms with Crippen LogP contribution in [-0.4, -0.2) is 65.2 Å². The first-order valence-electron chi connectivity index (χ1n) is 16.7. The summed E-state index contributed by atoms with van der Waals surface area (Å²) in [4.78, 5) is 70.4. The molecule has 0 aliphatic rings. The molecule has 0 aliphatic carbocycles. The van der Waals surface area contributed by atoms with Crippen molar-refractivity contribution in [2.75, 3.05) is 13.7 Å². The molecule has 0 spiro atoms. The van der Waals surface area contributed by atoms with Gasteiger partial charge in [0.1, 0.15) is 11.8 Å². The molecule has 0 saturated heterocycles. The number of amides is 3. The van der Waals surface area contributed by atoms with Crippen molar-refractivity contribution < 1.29 is 28.7 Å². The zero-order valence-electron chi connectivity index (χ0n) is 30.4. The number of nitrogens with zero attached hydrogens (tertiary/aromatic N) is 2. The molecule has 3 N–H and O–H groups in total. The van der Waals surface area contributed by atoms with Crippen molar-refractivity contribution in [3.05, 3.63) is 90.1 Å². The highest BCUT2D eigenvalue weighted by atomic mass is 16.5. The fourth-order valence-electron chi connectivity index (χ4n) is 5.49. The summed E-state index contributed by atoms with van der Waals surface area (Å²) in [5.74, 6) is -2.06.